The minimum absolute atomic E-state index is 0.0321. The summed E-state index contributed by atoms with van der Waals surface area (Å²) in [6.07, 6.45) is 3.04. The van der Waals surface area contributed by atoms with E-state index in [1.165, 1.54) is 10.8 Å². The fraction of sp³-hybridized carbons (Fsp3) is 0.500. The number of hydrogen-bond donors (Lipinski definition) is 0. The molecular formula is C10H12Br2N2O3. The summed E-state index contributed by atoms with van der Waals surface area (Å²) in [6, 6.07) is 0. The number of nitrogens with zero attached hydrogens (tertiary/aromatic N) is 2. The minimum atomic E-state index is -0.472. The number of hydrogen-bond acceptors (Lipinski definition) is 3. The van der Waals surface area contributed by atoms with E-state index in [0.29, 0.717) is 12.1 Å². The minimum Gasteiger partial charge on any atom is -0.308 e. The average Bonchev–Trinajstić information content (AvgIpc) is 2.29. The lowest BCUT2D eigenvalue weighted by atomic mass is 10.2. The van der Waals surface area contributed by atoms with Crippen molar-refractivity contribution in [3.8, 4) is 0 Å². The standard InChI is InChI=1S/C10H12Br2N2O3/c1-7-8(14(16)17)6-13(5-3-2-4-11)10(15)9(7)12/h6H,2-5H2,1H3. The summed E-state index contributed by atoms with van der Waals surface area (Å²) in [5, 5.41) is 11.7. The summed E-state index contributed by atoms with van der Waals surface area (Å²) in [5.41, 5.74) is 0.120. The van der Waals surface area contributed by atoms with Gasteiger partial charge in [-0.2, -0.15) is 0 Å². The van der Waals surface area contributed by atoms with Gasteiger partial charge in [0.15, 0.2) is 0 Å². The molecule has 0 aliphatic rings. The van der Waals surface area contributed by atoms with Crippen molar-refractivity contribution >= 4 is 37.5 Å². The zero-order valence-corrected chi connectivity index (χ0v) is 12.5. The summed E-state index contributed by atoms with van der Waals surface area (Å²) in [4.78, 5) is 22.2. The first-order chi connectivity index (χ1) is 7.99. The van der Waals surface area contributed by atoms with Crippen molar-refractivity contribution in [2.24, 2.45) is 0 Å². The number of aromatic nitrogens is 1. The van der Waals surface area contributed by atoms with Crippen molar-refractivity contribution in [2.75, 3.05) is 5.33 Å². The van der Waals surface area contributed by atoms with Crippen molar-refractivity contribution in [3.63, 3.8) is 0 Å². The van der Waals surface area contributed by atoms with Gasteiger partial charge < -0.3 is 4.57 Å². The van der Waals surface area contributed by atoms with Crippen molar-refractivity contribution in [3.05, 3.63) is 36.7 Å². The molecule has 0 spiro atoms. The summed E-state index contributed by atoms with van der Waals surface area (Å²) in [5.74, 6) is 0. The van der Waals surface area contributed by atoms with Gasteiger partial charge >= 0.3 is 0 Å². The molecule has 0 N–H and O–H groups in total. The molecule has 0 fully saturated rings. The quantitative estimate of drug-likeness (QED) is 0.347. The van der Waals surface area contributed by atoms with E-state index in [4.69, 9.17) is 0 Å². The first-order valence-corrected chi connectivity index (χ1v) is 7.00. The lowest BCUT2D eigenvalue weighted by Crippen LogP contribution is -2.22. The average molecular weight is 368 g/mol. The molecule has 94 valence electrons. The number of nitro groups is 1. The Bertz CT molecular complexity index is 485. The monoisotopic (exact) mass is 366 g/mol. The molecule has 0 aliphatic heterocycles. The summed E-state index contributed by atoms with van der Waals surface area (Å²) in [7, 11) is 0. The second kappa shape index (κ2) is 6.30. The molecule has 1 rings (SSSR count). The maximum atomic E-state index is 11.8. The van der Waals surface area contributed by atoms with Crippen LogP contribution in [0.2, 0.25) is 0 Å². The van der Waals surface area contributed by atoms with Crippen molar-refractivity contribution in [1.29, 1.82) is 0 Å². The van der Waals surface area contributed by atoms with Crippen LogP contribution in [0.15, 0.2) is 15.5 Å². The smallest absolute Gasteiger partial charge is 0.289 e. The zero-order valence-electron chi connectivity index (χ0n) is 9.28. The molecule has 0 bridgehead atoms. The topological polar surface area (TPSA) is 65.1 Å². The van der Waals surface area contributed by atoms with Crippen LogP contribution >= 0.6 is 31.9 Å². The van der Waals surface area contributed by atoms with E-state index in [0.717, 1.165) is 18.2 Å². The molecule has 0 aromatic carbocycles. The van der Waals surface area contributed by atoms with Gasteiger partial charge in [-0.15, -0.1) is 0 Å². The van der Waals surface area contributed by atoms with E-state index < -0.39 is 4.92 Å². The van der Waals surface area contributed by atoms with Crippen LogP contribution in [0.1, 0.15) is 18.4 Å². The van der Waals surface area contributed by atoms with Crippen LogP contribution in [0.4, 0.5) is 5.69 Å². The molecule has 1 heterocycles. The number of unbranched alkanes of at least 4 members (excludes halogenated alkanes) is 1. The maximum Gasteiger partial charge on any atom is 0.289 e. The number of aryl methyl sites for hydroxylation is 1. The summed E-state index contributed by atoms with van der Waals surface area (Å²) in [6.45, 7) is 2.05. The number of halogens is 2. The van der Waals surface area contributed by atoms with E-state index >= 15 is 0 Å². The van der Waals surface area contributed by atoms with Gasteiger partial charge in [-0.1, -0.05) is 15.9 Å². The molecule has 0 unspecified atom stereocenters. The van der Waals surface area contributed by atoms with Gasteiger partial charge in [0.1, 0.15) is 0 Å². The van der Waals surface area contributed by atoms with Crippen molar-refractivity contribution in [2.45, 2.75) is 26.3 Å². The SMILES string of the molecule is Cc1c([N+](=O)[O-])cn(CCCCBr)c(=O)c1Br. The molecule has 1 aromatic heterocycles. The van der Waals surface area contributed by atoms with E-state index in [1.807, 2.05) is 0 Å². The second-order valence-electron chi connectivity index (χ2n) is 3.61. The normalized spacial score (nSPS) is 10.5. The Morgan fingerprint density at radius 2 is 2.12 bits per heavy atom. The largest absolute Gasteiger partial charge is 0.308 e. The van der Waals surface area contributed by atoms with Gasteiger partial charge in [-0.25, -0.2) is 0 Å². The van der Waals surface area contributed by atoms with Crippen LogP contribution in [0.3, 0.4) is 0 Å². The van der Waals surface area contributed by atoms with Crippen LogP contribution in [0.5, 0.6) is 0 Å². The molecular weight excluding hydrogens is 356 g/mol. The van der Waals surface area contributed by atoms with Crippen LogP contribution in [-0.4, -0.2) is 14.8 Å². The third-order valence-corrected chi connectivity index (χ3v) is 3.91. The number of pyridine rings is 1. The Kier molecular flexibility index (Phi) is 5.32. The van der Waals surface area contributed by atoms with Crippen molar-refractivity contribution < 1.29 is 4.92 Å². The lowest BCUT2D eigenvalue weighted by Gasteiger charge is -2.07. The van der Waals surface area contributed by atoms with E-state index in [9.17, 15) is 14.9 Å². The Hall–Kier alpha value is -0.690. The number of alkyl halides is 1. The van der Waals surface area contributed by atoms with Gasteiger partial charge in [-0.3, -0.25) is 14.9 Å². The molecule has 0 saturated heterocycles. The highest BCUT2D eigenvalue weighted by Gasteiger charge is 2.17. The predicted octanol–water partition coefficient (Wildman–Crippen LogP) is 3.00. The van der Waals surface area contributed by atoms with Crippen molar-refractivity contribution in [1.82, 2.24) is 4.57 Å². The third-order valence-electron chi connectivity index (χ3n) is 2.42. The molecule has 0 saturated carbocycles. The molecule has 17 heavy (non-hydrogen) atoms. The van der Waals surface area contributed by atoms with Crippen LogP contribution < -0.4 is 5.56 Å². The van der Waals surface area contributed by atoms with Gasteiger partial charge in [0, 0.05) is 17.4 Å². The lowest BCUT2D eigenvalue weighted by molar-refractivity contribution is -0.386. The highest BCUT2D eigenvalue weighted by molar-refractivity contribution is 9.10. The molecule has 1 aromatic rings. The highest BCUT2D eigenvalue weighted by atomic mass is 79.9. The molecule has 0 radical (unpaired) electrons. The Morgan fingerprint density at radius 1 is 1.47 bits per heavy atom. The molecule has 0 atom stereocenters. The first-order valence-electron chi connectivity index (χ1n) is 5.09. The molecule has 0 amide bonds. The Labute approximate surface area is 115 Å². The maximum absolute atomic E-state index is 11.8. The van der Waals surface area contributed by atoms with Gasteiger partial charge in [0.2, 0.25) is 0 Å². The summed E-state index contributed by atoms with van der Waals surface area (Å²) >= 11 is 6.41. The van der Waals surface area contributed by atoms with Crippen LogP contribution in [0.25, 0.3) is 0 Å². The van der Waals surface area contributed by atoms with E-state index in [2.05, 4.69) is 31.9 Å². The first kappa shape index (κ1) is 14.4. The Morgan fingerprint density at radius 3 is 2.65 bits per heavy atom. The second-order valence-corrected chi connectivity index (χ2v) is 5.19. The van der Waals surface area contributed by atoms with E-state index in [-0.39, 0.29) is 15.7 Å². The Balaban J connectivity index is 3.14. The van der Waals surface area contributed by atoms with Gasteiger partial charge in [0.25, 0.3) is 11.2 Å². The highest BCUT2D eigenvalue weighted by Crippen LogP contribution is 2.22. The van der Waals surface area contributed by atoms with Crippen LogP contribution in [0, 0.1) is 17.0 Å². The number of rotatable bonds is 5. The fourth-order valence-electron chi connectivity index (χ4n) is 1.43. The van der Waals surface area contributed by atoms with Gasteiger partial charge in [-0.05, 0) is 35.7 Å². The molecule has 5 nitrogen and oxygen atoms in total. The molecule has 0 aliphatic carbocycles. The van der Waals surface area contributed by atoms with Crippen LogP contribution in [-0.2, 0) is 6.54 Å². The van der Waals surface area contributed by atoms with Gasteiger partial charge in [0.05, 0.1) is 15.6 Å². The summed E-state index contributed by atoms with van der Waals surface area (Å²) < 4.78 is 1.66. The fourth-order valence-corrected chi connectivity index (χ4v) is 2.26. The van der Waals surface area contributed by atoms with E-state index in [1.54, 1.807) is 6.92 Å². The third kappa shape index (κ3) is 3.38. The predicted molar refractivity (Wildman–Crippen MR) is 72.8 cm³/mol. The molecule has 7 heteroatoms. The zero-order chi connectivity index (χ0) is 13.0.